The first kappa shape index (κ1) is 17.2. The van der Waals surface area contributed by atoms with Crippen LogP contribution in [0.15, 0.2) is 0 Å². The maximum atomic E-state index is 3.60. The Morgan fingerprint density at radius 3 is 2.71 bits per heavy atom. The molecule has 0 bridgehead atoms. The van der Waals surface area contributed by atoms with Gasteiger partial charge in [0.05, 0.1) is 0 Å². The maximum absolute atomic E-state index is 3.60. The van der Waals surface area contributed by atoms with Gasteiger partial charge in [0.25, 0.3) is 0 Å². The first-order valence-electron chi connectivity index (χ1n) is 9.20. The fraction of sp³-hybridized carbons (Fsp3) is 1.00. The second kappa shape index (κ2) is 8.50. The highest BCUT2D eigenvalue weighted by atomic mass is 15.2. The van der Waals surface area contributed by atoms with Gasteiger partial charge >= 0.3 is 0 Å². The van der Waals surface area contributed by atoms with Crippen molar-refractivity contribution in [2.45, 2.75) is 64.0 Å². The molecule has 2 rings (SSSR count). The van der Waals surface area contributed by atoms with Gasteiger partial charge in [-0.15, -0.1) is 0 Å². The van der Waals surface area contributed by atoms with Crippen LogP contribution >= 0.6 is 0 Å². The highest BCUT2D eigenvalue weighted by Crippen LogP contribution is 2.33. The van der Waals surface area contributed by atoms with Gasteiger partial charge < -0.3 is 15.1 Å². The Bertz CT molecular complexity index is 294. The zero-order chi connectivity index (χ0) is 15.2. The molecule has 4 unspecified atom stereocenters. The predicted octanol–water partition coefficient (Wildman–Crippen LogP) is 2.82. The van der Waals surface area contributed by atoms with E-state index in [1.54, 1.807) is 0 Å². The molecule has 0 aromatic heterocycles. The van der Waals surface area contributed by atoms with E-state index in [0.29, 0.717) is 0 Å². The molecule has 1 saturated carbocycles. The summed E-state index contributed by atoms with van der Waals surface area (Å²) >= 11 is 0. The predicted molar refractivity (Wildman–Crippen MR) is 91.7 cm³/mol. The summed E-state index contributed by atoms with van der Waals surface area (Å²) in [6, 6.07) is 1.51. The molecule has 3 heteroatoms. The molecule has 1 heterocycles. The summed E-state index contributed by atoms with van der Waals surface area (Å²) in [6.45, 7) is 6.16. The molecule has 0 aromatic rings. The SMILES string of the molecule is CCCC1CCC(NC)C(CN(C)C2CCCN(C)C2)C1. The molecule has 1 aliphatic carbocycles. The first-order chi connectivity index (χ1) is 10.1. The summed E-state index contributed by atoms with van der Waals surface area (Å²) in [7, 11) is 6.79. The molecule has 4 atom stereocenters. The van der Waals surface area contributed by atoms with Crippen molar-refractivity contribution < 1.29 is 0 Å². The van der Waals surface area contributed by atoms with Crippen LogP contribution in [0.2, 0.25) is 0 Å². The summed E-state index contributed by atoms with van der Waals surface area (Å²) in [6.07, 6.45) is 9.79. The number of nitrogens with one attached hydrogen (secondary N) is 1. The number of rotatable bonds is 6. The maximum Gasteiger partial charge on any atom is 0.0220 e. The third kappa shape index (κ3) is 4.94. The second-order valence-electron chi connectivity index (χ2n) is 7.62. The highest BCUT2D eigenvalue weighted by molar-refractivity contribution is 4.87. The molecule has 0 spiro atoms. The Morgan fingerprint density at radius 1 is 1.24 bits per heavy atom. The van der Waals surface area contributed by atoms with Crippen LogP contribution in [-0.2, 0) is 0 Å². The van der Waals surface area contributed by atoms with Gasteiger partial charge in [-0.2, -0.15) is 0 Å². The lowest BCUT2D eigenvalue weighted by molar-refractivity contribution is 0.0909. The van der Waals surface area contributed by atoms with E-state index < -0.39 is 0 Å². The lowest BCUT2D eigenvalue weighted by Gasteiger charge is -2.42. The zero-order valence-corrected chi connectivity index (χ0v) is 14.8. The molecule has 0 amide bonds. The Labute approximate surface area is 132 Å². The second-order valence-corrected chi connectivity index (χ2v) is 7.62. The van der Waals surface area contributed by atoms with Gasteiger partial charge in [0.2, 0.25) is 0 Å². The first-order valence-corrected chi connectivity index (χ1v) is 9.20. The molecule has 1 aliphatic heterocycles. The van der Waals surface area contributed by atoms with E-state index in [1.807, 2.05) is 0 Å². The van der Waals surface area contributed by atoms with E-state index in [-0.39, 0.29) is 0 Å². The average Bonchev–Trinajstić information content (AvgIpc) is 2.48. The van der Waals surface area contributed by atoms with Crippen molar-refractivity contribution in [2.75, 3.05) is 40.8 Å². The zero-order valence-electron chi connectivity index (χ0n) is 14.8. The van der Waals surface area contributed by atoms with Gasteiger partial charge in [0, 0.05) is 25.2 Å². The van der Waals surface area contributed by atoms with Crippen LogP contribution in [0.25, 0.3) is 0 Å². The van der Waals surface area contributed by atoms with Crippen molar-refractivity contribution in [3.05, 3.63) is 0 Å². The minimum absolute atomic E-state index is 0.738. The molecule has 0 radical (unpaired) electrons. The molecule has 0 aromatic carbocycles. The third-order valence-electron chi connectivity index (χ3n) is 5.90. The molecule has 21 heavy (non-hydrogen) atoms. The number of hydrogen-bond acceptors (Lipinski definition) is 3. The monoisotopic (exact) mass is 295 g/mol. The Kier molecular flexibility index (Phi) is 6.97. The van der Waals surface area contributed by atoms with Gasteiger partial charge in [-0.25, -0.2) is 0 Å². The van der Waals surface area contributed by atoms with Crippen LogP contribution in [0, 0.1) is 11.8 Å². The molecular formula is C18H37N3. The van der Waals surface area contributed by atoms with Gasteiger partial charge in [-0.05, 0) is 71.6 Å². The number of hydrogen-bond donors (Lipinski definition) is 1. The number of likely N-dealkylation sites (tertiary alicyclic amines) is 1. The lowest BCUT2D eigenvalue weighted by atomic mass is 9.76. The summed E-state index contributed by atoms with van der Waals surface area (Å²) in [5, 5.41) is 3.60. The summed E-state index contributed by atoms with van der Waals surface area (Å²) in [4.78, 5) is 5.17. The molecule has 2 fully saturated rings. The number of nitrogens with zero attached hydrogens (tertiary/aromatic N) is 2. The van der Waals surface area contributed by atoms with Crippen molar-refractivity contribution in [3.8, 4) is 0 Å². The van der Waals surface area contributed by atoms with Crippen LogP contribution in [0.1, 0.15) is 51.9 Å². The Hall–Kier alpha value is -0.120. The van der Waals surface area contributed by atoms with Gasteiger partial charge in [-0.1, -0.05) is 19.8 Å². The summed E-state index contributed by atoms with van der Waals surface area (Å²) in [5.74, 6) is 1.82. The lowest BCUT2D eigenvalue weighted by Crippen LogP contribution is -2.50. The molecule has 2 aliphatic rings. The fourth-order valence-corrected chi connectivity index (χ4v) is 4.63. The average molecular weight is 296 g/mol. The van der Waals surface area contributed by atoms with Crippen molar-refractivity contribution in [1.82, 2.24) is 15.1 Å². The number of piperidine rings is 1. The summed E-state index contributed by atoms with van der Waals surface area (Å²) in [5.41, 5.74) is 0. The van der Waals surface area contributed by atoms with Crippen LogP contribution in [0.4, 0.5) is 0 Å². The molecule has 1 N–H and O–H groups in total. The van der Waals surface area contributed by atoms with Gasteiger partial charge in [-0.3, -0.25) is 0 Å². The standard InChI is InChI=1S/C18H37N3/c1-5-7-15-9-10-18(19-2)16(12-15)13-21(4)17-8-6-11-20(3)14-17/h15-19H,5-14H2,1-4H3. The third-order valence-corrected chi connectivity index (χ3v) is 5.90. The van der Waals surface area contributed by atoms with Crippen LogP contribution < -0.4 is 5.32 Å². The fourth-order valence-electron chi connectivity index (χ4n) is 4.63. The van der Waals surface area contributed by atoms with Crippen molar-refractivity contribution in [3.63, 3.8) is 0 Å². The smallest absolute Gasteiger partial charge is 0.0220 e. The van der Waals surface area contributed by atoms with Gasteiger partial charge in [0.1, 0.15) is 0 Å². The van der Waals surface area contributed by atoms with E-state index in [4.69, 9.17) is 0 Å². The van der Waals surface area contributed by atoms with E-state index >= 15 is 0 Å². The van der Waals surface area contributed by atoms with Crippen molar-refractivity contribution in [1.29, 1.82) is 0 Å². The number of likely N-dealkylation sites (N-methyl/N-ethyl adjacent to an activating group) is 2. The molecule has 124 valence electrons. The minimum Gasteiger partial charge on any atom is -0.317 e. The summed E-state index contributed by atoms with van der Waals surface area (Å²) < 4.78 is 0. The highest BCUT2D eigenvalue weighted by Gasteiger charge is 2.31. The van der Waals surface area contributed by atoms with Crippen LogP contribution in [0.5, 0.6) is 0 Å². The molecular weight excluding hydrogens is 258 g/mol. The van der Waals surface area contributed by atoms with Crippen LogP contribution in [-0.4, -0.2) is 62.7 Å². The topological polar surface area (TPSA) is 18.5 Å². The van der Waals surface area contributed by atoms with E-state index in [2.05, 4.69) is 43.2 Å². The van der Waals surface area contributed by atoms with E-state index in [1.165, 1.54) is 64.6 Å². The van der Waals surface area contributed by atoms with Crippen molar-refractivity contribution >= 4 is 0 Å². The molecule has 1 saturated heterocycles. The normalized spacial score (nSPS) is 35.3. The largest absolute Gasteiger partial charge is 0.317 e. The van der Waals surface area contributed by atoms with E-state index in [9.17, 15) is 0 Å². The Morgan fingerprint density at radius 2 is 2.05 bits per heavy atom. The minimum atomic E-state index is 0.738. The van der Waals surface area contributed by atoms with E-state index in [0.717, 1.165) is 23.9 Å². The van der Waals surface area contributed by atoms with Crippen LogP contribution in [0.3, 0.4) is 0 Å². The van der Waals surface area contributed by atoms with Crippen molar-refractivity contribution in [2.24, 2.45) is 11.8 Å². The molecule has 3 nitrogen and oxygen atoms in total. The van der Waals surface area contributed by atoms with Gasteiger partial charge in [0.15, 0.2) is 0 Å². The Balaban J connectivity index is 1.87. The quantitative estimate of drug-likeness (QED) is 0.813.